The average molecular weight is 411 g/mol. The first kappa shape index (κ1) is 17.8. The molecule has 4 rings (SSSR count). The maximum absolute atomic E-state index is 11.6. The summed E-state index contributed by atoms with van der Waals surface area (Å²) in [7, 11) is -1.02. The van der Waals surface area contributed by atoms with E-state index in [1.807, 2.05) is 30.1 Å². The Morgan fingerprint density at radius 3 is 2.96 bits per heavy atom. The molecule has 7 nitrogen and oxygen atoms in total. The summed E-state index contributed by atoms with van der Waals surface area (Å²) in [5, 5.41) is 5.42. The Hall–Kier alpha value is -1.62. The van der Waals surface area contributed by atoms with Crippen molar-refractivity contribution in [3.63, 3.8) is 0 Å². The van der Waals surface area contributed by atoms with Crippen LogP contribution in [-0.2, 0) is 23.1 Å². The largest absolute Gasteiger partial charge is 0.414 e. The molecule has 1 unspecified atom stereocenters. The second kappa shape index (κ2) is 6.84. The first-order valence-corrected chi connectivity index (χ1v) is 11.3. The van der Waals surface area contributed by atoms with Crippen LogP contribution in [-0.4, -0.2) is 46.6 Å². The Morgan fingerprint density at radius 1 is 1.42 bits per heavy atom. The van der Waals surface area contributed by atoms with Crippen molar-refractivity contribution in [2.24, 2.45) is 0 Å². The topological polar surface area (TPSA) is 81.2 Å². The zero-order valence-corrected chi connectivity index (χ0v) is 16.6. The molecule has 0 amide bonds. The Kier molecular flexibility index (Phi) is 4.68. The lowest BCUT2D eigenvalue weighted by atomic mass is 10.1. The van der Waals surface area contributed by atoms with Gasteiger partial charge in [0.1, 0.15) is 5.01 Å². The molecule has 3 heterocycles. The van der Waals surface area contributed by atoms with Crippen molar-refractivity contribution in [2.75, 3.05) is 18.6 Å². The van der Waals surface area contributed by atoms with E-state index in [4.69, 9.17) is 16.6 Å². The fourth-order valence-corrected chi connectivity index (χ4v) is 6.03. The molecule has 1 aliphatic heterocycles. The van der Waals surface area contributed by atoms with Crippen LogP contribution in [0.25, 0.3) is 10.2 Å². The predicted octanol–water partition coefficient (Wildman–Crippen LogP) is 2.81. The highest BCUT2D eigenvalue weighted by molar-refractivity contribution is 7.91. The van der Waals surface area contributed by atoms with Crippen LogP contribution >= 0.6 is 23.6 Å². The first-order chi connectivity index (χ1) is 12.4. The van der Waals surface area contributed by atoms with Gasteiger partial charge in [-0.1, -0.05) is 12.1 Å². The smallest absolute Gasteiger partial charge is 0.288 e. The maximum Gasteiger partial charge on any atom is 0.288 e. The minimum atomic E-state index is -2.98. The number of aromatic nitrogens is 3. The molecule has 26 heavy (non-hydrogen) atoms. The van der Waals surface area contributed by atoms with E-state index in [2.05, 4.69) is 16.1 Å². The molecule has 0 N–H and O–H groups in total. The molecular formula is C16H18N4O3S3. The van der Waals surface area contributed by atoms with Crippen LogP contribution in [0, 0.1) is 4.84 Å². The minimum absolute atomic E-state index is 0.0871. The highest BCUT2D eigenvalue weighted by atomic mass is 32.2. The van der Waals surface area contributed by atoms with Gasteiger partial charge in [0.05, 0.1) is 40.9 Å². The predicted molar refractivity (Wildman–Crippen MR) is 102 cm³/mol. The lowest BCUT2D eigenvalue weighted by Crippen LogP contribution is -2.22. The third-order valence-corrected chi connectivity index (χ3v) is 7.41. The molecule has 138 valence electrons. The monoisotopic (exact) mass is 410 g/mol. The molecule has 1 aromatic carbocycles. The molecule has 0 aliphatic carbocycles. The molecule has 3 aromatic rings. The van der Waals surface area contributed by atoms with Crippen molar-refractivity contribution >= 4 is 43.6 Å². The minimum Gasteiger partial charge on any atom is -0.414 e. The summed E-state index contributed by atoms with van der Waals surface area (Å²) in [5.41, 5.74) is 1.00. The van der Waals surface area contributed by atoms with Crippen LogP contribution in [0.1, 0.15) is 23.2 Å². The number of sulfone groups is 1. The summed E-state index contributed by atoms with van der Waals surface area (Å²) in [6.45, 7) is 1.12. The Labute approximate surface area is 160 Å². The van der Waals surface area contributed by atoms with Gasteiger partial charge >= 0.3 is 0 Å². The zero-order valence-electron chi connectivity index (χ0n) is 14.2. The molecular weight excluding hydrogens is 392 g/mol. The molecule has 1 saturated heterocycles. The molecule has 10 heteroatoms. The van der Waals surface area contributed by atoms with Crippen LogP contribution in [0.3, 0.4) is 0 Å². The third-order valence-electron chi connectivity index (χ3n) is 4.32. The second-order valence-electron chi connectivity index (χ2n) is 6.54. The highest BCUT2D eigenvalue weighted by Gasteiger charge is 2.32. The van der Waals surface area contributed by atoms with Crippen molar-refractivity contribution < 1.29 is 12.8 Å². The Bertz CT molecular complexity index is 1070. The van der Waals surface area contributed by atoms with Gasteiger partial charge in [0.15, 0.2) is 9.84 Å². The van der Waals surface area contributed by atoms with Crippen LogP contribution in [0.2, 0.25) is 0 Å². The third kappa shape index (κ3) is 3.73. The average Bonchev–Trinajstić information content (AvgIpc) is 3.24. The van der Waals surface area contributed by atoms with E-state index in [1.165, 1.54) is 4.70 Å². The van der Waals surface area contributed by atoms with Crippen molar-refractivity contribution in [2.45, 2.75) is 25.6 Å². The SMILES string of the molecule is CN(Cc1nc2ccccc2s1)Cn1nc(C2CCS(=O)(=O)C2)oc1=S. The zero-order chi connectivity index (χ0) is 18.3. The summed E-state index contributed by atoms with van der Waals surface area (Å²) in [6, 6.07) is 8.06. The normalized spacial score (nSPS) is 19.5. The van der Waals surface area contributed by atoms with Gasteiger partial charge < -0.3 is 4.42 Å². The van der Waals surface area contributed by atoms with Crippen LogP contribution in [0.5, 0.6) is 0 Å². The van der Waals surface area contributed by atoms with E-state index in [0.29, 0.717) is 25.5 Å². The van der Waals surface area contributed by atoms with E-state index >= 15 is 0 Å². The second-order valence-corrected chi connectivity index (χ2v) is 10.2. The fraction of sp³-hybridized carbons (Fsp3) is 0.438. The quantitative estimate of drug-likeness (QED) is 0.598. The summed E-state index contributed by atoms with van der Waals surface area (Å²) in [6.07, 6.45) is 0.541. The highest BCUT2D eigenvalue weighted by Crippen LogP contribution is 2.28. The molecule has 0 bridgehead atoms. The van der Waals surface area contributed by atoms with Gasteiger partial charge in [-0.05, 0) is 37.8 Å². The van der Waals surface area contributed by atoms with Gasteiger partial charge in [-0.2, -0.15) is 0 Å². The van der Waals surface area contributed by atoms with E-state index in [-0.39, 0.29) is 22.3 Å². The van der Waals surface area contributed by atoms with Gasteiger partial charge in [0, 0.05) is 0 Å². The van der Waals surface area contributed by atoms with Crippen molar-refractivity contribution in [1.29, 1.82) is 0 Å². The van der Waals surface area contributed by atoms with Crippen LogP contribution in [0.4, 0.5) is 0 Å². The van der Waals surface area contributed by atoms with E-state index in [9.17, 15) is 8.42 Å². The van der Waals surface area contributed by atoms with Gasteiger partial charge in [0.25, 0.3) is 4.84 Å². The Morgan fingerprint density at radius 2 is 2.23 bits per heavy atom. The van der Waals surface area contributed by atoms with E-state index in [0.717, 1.165) is 10.5 Å². The number of benzene rings is 1. The molecule has 1 aliphatic rings. The number of rotatable bonds is 5. The molecule has 1 fully saturated rings. The van der Waals surface area contributed by atoms with Crippen molar-refractivity contribution in [1.82, 2.24) is 19.7 Å². The van der Waals surface area contributed by atoms with Crippen molar-refractivity contribution in [3.05, 3.63) is 40.0 Å². The molecule has 0 radical (unpaired) electrons. The summed E-state index contributed by atoms with van der Waals surface area (Å²) in [4.78, 5) is 6.94. The van der Waals surface area contributed by atoms with Crippen LogP contribution < -0.4 is 0 Å². The summed E-state index contributed by atoms with van der Waals surface area (Å²) >= 11 is 6.91. The van der Waals surface area contributed by atoms with Gasteiger partial charge in [-0.25, -0.2) is 18.1 Å². The van der Waals surface area contributed by atoms with Crippen LogP contribution in [0.15, 0.2) is 28.7 Å². The molecule has 2 aromatic heterocycles. The maximum atomic E-state index is 11.6. The van der Waals surface area contributed by atoms with Crippen molar-refractivity contribution in [3.8, 4) is 0 Å². The van der Waals surface area contributed by atoms with E-state index < -0.39 is 9.84 Å². The molecule has 1 atom stereocenters. The number of hydrogen-bond acceptors (Lipinski definition) is 8. The standard InChI is InChI=1S/C16H18N4O3S3/c1-19(8-14-17-12-4-2-3-5-13(12)25-14)10-20-16(24)23-15(18-20)11-6-7-26(21,22)9-11/h2-5,11H,6-10H2,1H3. The number of hydrogen-bond donors (Lipinski definition) is 0. The first-order valence-electron chi connectivity index (χ1n) is 8.21. The molecule has 0 saturated carbocycles. The fourth-order valence-electron chi connectivity index (χ4n) is 3.06. The number of nitrogens with zero attached hydrogens (tertiary/aromatic N) is 4. The van der Waals surface area contributed by atoms with Gasteiger partial charge in [-0.3, -0.25) is 4.90 Å². The summed E-state index contributed by atoms with van der Waals surface area (Å²) < 4.78 is 31.6. The molecule has 0 spiro atoms. The van der Waals surface area contributed by atoms with Gasteiger partial charge in [-0.15, -0.1) is 16.4 Å². The number of thiazole rings is 1. The summed E-state index contributed by atoms with van der Waals surface area (Å²) in [5.74, 6) is 0.496. The number of para-hydroxylation sites is 1. The Balaban J connectivity index is 1.46. The number of fused-ring (bicyclic) bond motifs is 1. The lowest BCUT2D eigenvalue weighted by molar-refractivity contribution is 0.240. The van der Waals surface area contributed by atoms with Gasteiger partial charge in [0.2, 0.25) is 5.89 Å². The lowest BCUT2D eigenvalue weighted by Gasteiger charge is -2.13. The van der Waals surface area contributed by atoms with E-state index in [1.54, 1.807) is 16.0 Å².